The zero-order chi connectivity index (χ0) is 19.1. The molecule has 0 aromatic heterocycles. The molecule has 2 fully saturated rings. The Morgan fingerprint density at radius 2 is 1.93 bits per heavy atom. The van der Waals surface area contributed by atoms with Crippen LogP contribution in [-0.2, 0) is 17.8 Å². The number of nitrogens with one attached hydrogen (secondary N) is 2. The van der Waals surface area contributed by atoms with E-state index in [0.717, 1.165) is 71.0 Å². The minimum atomic E-state index is -0.111. The molecule has 27 heavy (non-hydrogen) atoms. The molecule has 1 atom stereocenters. The molecule has 2 heterocycles. The molecule has 1 aromatic rings. The van der Waals surface area contributed by atoms with E-state index in [1.54, 1.807) is 7.05 Å². The van der Waals surface area contributed by atoms with Gasteiger partial charge in [0, 0.05) is 46.4 Å². The molecule has 0 saturated carbocycles. The summed E-state index contributed by atoms with van der Waals surface area (Å²) in [6.07, 6.45) is 3.89. The third kappa shape index (κ3) is 6.19. The number of aliphatic hydroxyl groups is 1. The van der Waals surface area contributed by atoms with Gasteiger partial charge in [0.25, 0.3) is 0 Å². The van der Waals surface area contributed by atoms with Crippen LogP contribution < -0.4 is 10.6 Å². The molecular weight excluding hydrogens is 340 g/mol. The Morgan fingerprint density at radius 1 is 1.22 bits per heavy atom. The van der Waals surface area contributed by atoms with Crippen LogP contribution in [0.15, 0.2) is 29.3 Å². The van der Waals surface area contributed by atoms with Gasteiger partial charge in [-0.1, -0.05) is 24.3 Å². The fourth-order valence-corrected chi connectivity index (χ4v) is 3.75. The van der Waals surface area contributed by atoms with E-state index in [1.165, 1.54) is 11.1 Å². The predicted molar refractivity (Wildman–Crippen MR) is 109 cm³/mol. The van der Waals surface area contributed by atoms with Crippen molar-refractivity contribution >= 4 is 5.96 Å². The van der Waals surface area contributed by atoms with Crippen LogP contribution in [0, 0.1) is 0 Å². The summed E-state index contributed by atoms with van der Waals surface area (Å²) in [5.41, 5.74) is 2.48. The van der Waals surface area contributed by atoms with Gasteiger partial charge in [0.1, 0.15) is 0 Å². The predicted octanol–water partition coefficient (Wildman–Crippen LogP) is 1.88. The van der Waals surface area contributed by atoms with Crippen molar-refractivity contribution in [3.05, 3.63) is 35.4 Å². The molecule has 2 saturated heterocycles. The molecule has 3 rings (SSSR count). The van der Waals surface area contributed by atoms with Crippen LogP contribution in [0.25, 0.3) is 0 Å². The van der Waals surface area contributed by atoms with E-state index in [1.807, 2.05) is 0 Å². The van der Waals surface area contributed by atoms with E-state index in [2.05, 4.69) is 51.7 Å². The molecule has 150 valence electrons. The van der Waals surface area contributed by atoms with E-state index in [9.17, 15) is 5.11 Å². The van der Waals surface area contributed by atoms with Gasteiger partial charge in [0.2, 0.25) is 0 Å². The van der Waals surface area contributed by atoms with Crippen molar-refractivity contribution in [2.75, 3.05) is 33.3 Å². The number of piperidine rings is 1. The number of hydrogen-bond acceptors (Lipinski definition) is 4. The maximum Gasteiger partial charge on any atom is 0.191 e. The van der Waals surface area contributed by atoms with Crippen molar-refractivity contribution in [3.8, 4) is 0 Å². The first kappa shape index (κ1) is 20.1. The fourth-order valence-electron chi connectivity index (χ4n) is 3.75. The number of nitrogens with zero attached hydrogens (tertiary/aromatic N) is 2. The molecule has 0 spiro atoms. The summed E-state index contributed by atoms with van der Waals surface area (Å²) in [5, 5.41) is 16.4. The first-order chi connectivity index (χ1) is 13.1. The SMILES string of the molecule is CN=C(NCc1ccc(CN2CCC(O)CC2)cc1)NCC1(C)CCCO1. The van der Waals surface area contributed by atoms with Crippen molar-refractivity contribution < 1.29 is 9.84 Å². The average molecular weight is 375 g/mol. The van der Waals surface area contributed by atoms with Gasteiger partial charge in [-0.2, -0.15) is 0 Å². The van der Waals surface area contributed by atoms with Crippen LogP contribution in [0.3, 0.4) is 0 Å². The Balaban J connectivity index is 1.42. The van der Waals surface area contributed by atoms with Crippen molar-refractivity contribution in [1.29, 1.82) is 0 Å². The summed E-state index contributed by atoms with van der Waals surface area (Å²) in [6.45, 7) is 7.45. The molecule has 0 radical (unpaired) electrons. The first-order valence-electron chi connectivity index (χ1n) is 10.1. The number of guanidine groups is 1. The summed E-state index contributed by atoms with van der Waals surface area (Å²) >= 11 is 0. The topological polar surface area (TPSA) is 69.1 Å². The summed E-state index contributed by atoms with van der Waals surface area (Å²) in [5.74, 6) is 0.808. The minimum Gasteiger partial charge on any atom is -0.393 e. The van der Waals surface area contributed by atoms with Crippen LogP contribution in [0.4, 0.5) is 0 Å². The zero-order valence-corrected chi connectivity index (χ0v) is 16.7. The summed E-state index contributed by atoms with van der Waals surface area (Å²) in [6, 6.07) is 8.75. The van der Waals surface area contributed by atoms with Gasteiger partial charge in [-0.25, -0.2) is 0 Å². The van der Waals surface area contributed by atoms with E-state index in [4.69, 9.17) is 4.74 Å². The van der Waals surface area contributed by atoms with Gasteiger partial charge in [0.05, 0.1) is 11.7 Å². The number of benzene rings is 1. The van der Waals surface area contributed by atoms with Gasteiger partial charge < -0.3 is 20.5 Å². The fraction of sp³-hybridized carbons (Fsp3) is 0.667. The van der Waals surface area contributed by atoms with Crippen LogP contribution in [0.1, 0.15) is 43.7 Å². The lowest BCUT2D eigenvalue weighted by atomic mass is 10.0. The third-order valence-electron chi connectivity index (χ3n) is 5.60. The number of hydrogen-bond donors (Lipinski definition) is 3. The van der Waals surface area contributed by atoms with Crippen molar-refractivity contribution in [2.45, 2.75) is 57.4 Å². The van der Waals surface area contributed by atoms with Crippen LogP contribution >= 0.6 is 0 Å². The molecule has 6 heteroatoms. The van der Waals surface area contributed by atoms with Crippen LogP contribution in [0.5, 0.6) is 0 Å². The van der Waals surface area contributed by atoms with Crippen molar-refractivity contribution in [2.24, 2.45) is 4.99 Å². The van der Waals surface area contributed by atoms with E-state index in [-0.39, 0.29) is 11.7 Å². The molecule has 2 aliphatic rings. The number of aliphatic imine (C=N–C) groups is 1. The maximum atomic E-state index is 9.61. The quantitative estimate of drug-likeness (QED) is 0.524. The Morgan fingerprint density at radius 3 is 2.56 bits per heavy atom. The normalized spacial score (nSPS) is 24.9. The molecule has 0 amide bonds. The van der Waals surface area contributed by atoms with E-state index >= 15 is 0 Å². The van der Waals surface area contributed by atoms with Gasteiger partial charge in [-0.3, -0.25) is 9.89 Å². The molecule has 1 unspecified atom stereocenters. The molecule has 0 bridgehead atoms. The number of likely N-dealkylation sites (tertiary alicyclic amines) is 1. The number of rotatable bonds is 6. The number of ether oxygens (including phenoxy) is 1. The van der Waals surface area contributed by atoms with Crippen LogP contribution in [-0.4, -0.2) is 61.0 Å². The smallest absolute Gasteiger partial charge is 0.191 e. The molecule has 1 aromatic carbocycles. The van der Waals surface area contributed by atoms with E-state index in [0.29, 0.717) is 0 Å². The summed E-state index contributed by atoms with van der Waals surface area (Å²) < 4.78 is 5.82. The highest BCUT2D eigenvalue weighted by Gasteiger charge is 2.29. The monoisotopic (exact) mass is 374 g/mol. The highest BCUT2D eigenvalue weighted by atomic mass is 16.5. The first-order valence-corrected chi connectivity index (χ1v) is 10.1. The van der Waals surface area contributed by atoms with Crippen LogP contribution in [0.2, 0.25) is 0 Å². The standard InChI is InChI=1S/C21H34N4O2/c1-21(10-3-13-27-21)16-24-20(22-2)23-14-17-4-6-18(7-5-17)15-25-11-8-19(26)9-12-25/h4-7,19,26H,3,8-16H2,1-2H3,(H2,22,23,24). The number of aliphatic hydroxyl groups excluding tert-OH is 1. The second kappa shape index (κ2) is 9.53. The zero-order valence-electron chi connectivity index (χ0n) is 16.7. The average Bonchev–Trinajstić information content (AvgIpc) is 3.12. The van der Waals surface area contributed by atoms with E-state index < -0.39 is 0 Å². The lowest BCUT2D eigenvalue weighted by Gasteiger charge is -2.29. The molecule has 0 aliphatic carbocycles. The third-order valence-corrected chi connectivity index (χ3v) is 5.60. The summed E-state index contributed by atoms with van der Waals surface area (Å²) in [4.78, 5) is 6.72. The second-order valence-electron chi connectivity index (χ2n) is 8.01. The second-order valence-corrected chi connectivity index (χ2v) is 8.01. The Kier molecular flexibility index (Phi) is 7.10. The molecular formula is C21H34N4O2. The van der Waals surface area contributed by atoms with Gasteiger partial charge in [0.15, 0.2) is 5.96 Å². The lowest BCUT2D eigenvalue weighted by molar-refractivity contribution is 0.0243. The van der Waals surface area contributed by atoms with Gasteiger partial charge in [-0.15, -0.1) is 0 Å². The molecule has 6 nitrogen and oxygen atoms in total. The Labute approximate surface area is 163 Å². The molecule has 2 aliphatic heterocycles. The van der Waals surface area contributed by atoms with Gasteiger partial charge in [-0.05, 0) is 43.7 Å². The largest absolute Gasteiger partial charge is 0.393 e. The summed E-state index contributed by atoms with van der Waals surface area (Å²) in [7, 11) is 1.80. The molecule has 3 N–H and O–H groups in total. The minimum absolute atomic E-state index is 0.0796. The van der Waals surface area contributed by atoms with Gasteiger partial charge >= 0.3 is 0 Å². The lowest BCUT2D eigenvalue weighted by Crippen LogP contribution is -2.45. The Bertz CT molecular complexity index is 603. The van der Waals surface area contributed by atoms with Crippen molar-refractivity contribution in [3.63, 3.8) is 0 Å². The maximum absolute atomic E-state index is 9.61. The Hall–Kier alpha value is -1.63. The highest BCUT2D eigenvalue weighted by molar-refractivity contribution is 5.79. The highest BCUT2D eigenvalue weighted by Crippen LogP contribution is 2.23. The van der Waals surface area contributed by atoms with Crippen molar-refractivity contribution in [1.82, 2.24) is 15.5 Å².